The average Bonchev–Trinajstić information content (AvgIpc) is 2.77. The van der Waals surface area contributed by atoms with Gasteiger partial charge in [-0.1, -0.05) is 28.1 Å². The number of nitrogens with one attached hydrogen (secondary N) is 1. The van der Waals surface area contributed by atoms with Gasteiger partial charge in [-0.05, 0) is 36.6 Å². The van der Waals surface area contributed by atoms with Crippen LogP contribution in [0.5, 0.6) is 0 Å². The molecule has 72 valence electrons. The maximum atomic E-state index is 3.55. The van der Waals surface area contributed by atoms with E-state index in [2.05, 4.69) is 51.6 Å². The van der Waals surface area contributed by atoms with E-state index in [0.717, 1.165) is 6.54 Å². The molecule has 1 N–H and O–H groups in total. The number of halogens is 1. The molecule has 0 fully saturated rings. The zero-order chi connectivity index (χ0) is 9.60. The highest BCUT2D eigenvalue weighted by Crippen LogP contribution is 2.45. The van der Waals surface area contributed by atoms with Crippen molar-refractivity contribution in [2.75, 3.05) is 11.9 Å². The van der Waals surface area contributed by atoms with E-state index in [1.165, 1.54) is 28.6 Å². The molecular weight excluding hydrogens is 238 g/mol. The van der Waals surface area contributed by atoms with Crippen molar-refractivity contribution in [2.45, 2.75) is 18.3 Å². The van der Waals surface area contributed by atoms with Crippen molar-refractivity contribution in [2.24, 2.45) is 0 Å². The van der Waals surface area contributed by atoms with Crippen molar-refractivity contribution in [3.8, 4) is 0 Å². The summed E-state index contributed by atoms with van der Waals surface area (Å²) in [6.07, 6.45) is 6.97. The SMILES string of the molecule is Brc1ccc2c(c1)C1(CC=CC1)CN2. The van der Waals surface area contributed by atoms with E-state index >= 15 is 0 Å². The second-order valence-corrected chi connectivity index (χ2v) is 5.12. The summed E-state index contributed by atoms with van der Waals surface area (Å²) in [4.78, 5) is 0. The van der Waals surface area contributed by atoms with E-state index in [0.29, 0.717) is 5.41 Å². The lowest BCUT2D eigenvalue weighted by Crippen LogP contribution is -2.24. The Morgan fingerprint density at radius 2 is 2.00 bits per heavy atom. The van der Waals surface area contributed by atoms with Gasteiger partial charge in [-0.15, -0.1) is 0 Å². The van der Waals surface area contributed by atoms with E-state index < -0.39 is 0 Å². The summed E-state index contributed by atoms with van der Waals surface area (Å²) >= 11 is 3.55. The van der Waals surface area contributed by atoms with Crippen LogP contribution in [0.1, 0.15) is 18.4 Å². The lowest BCUT2D eigenvalue weighted by Gasteiger charge is -2.22. The topological polar surface area (TPSA) is 12.0 Å². The molecule has 2 heteroatoms. The molecule has 1 aliphatic carbocycles. The maximum absolute atomic E-state index is 3.55. The number of fused-ring (bicyclic) bond motifs is 2. The highest BCUT2D eigenvalue weighted by molar-refractivity contribution is 9.10. The van der Waals surface area contributed by atoms with Gasteiger partial charge in [0.1, 0.15) is 0 Å². The molecule has 0 aromatic heterocycles. The largest absolute Gasteiger partial charge is 0.384 e. The Hall–Kier alpha value is -0.760. The molecule has 1 heterocycles. The summed E-state index contributed by atoms with van der Waals surface area (Å²) in [5.41, 5.74) is 3.16. The van der Waals surface area contributed by atoms with Crippen LogP contribution >= 0.6 is 15.9 Å². The molecule has 14 heavy (non-hydrogen) atoms. The second kappa shape index (κ2) is 2.86. The second-order valence-electron chi connectivity index (χ2n) is 4.20. The normalized spacial score (nSPS) is 21.2. The first-order valence-electron chi connectivity index (χ1n) is 4.99. The van der Waals surface area contributed by atoms with Crippen LogP contribution in [0.15, 0.2) is 34.8 Å². The summed E-state index contributed by atoms with van der Waals surface area (Å²) in [5.74, 6) is 0. The van der Waals surface area contributed by atoms with Gasteiger partial charge in [-0.25, -0.2) is 0 Å². The number of hydrogen-bond acceptors (Lipinski definition) is 1. The third-order valence-electron chi connectivity index (χ3n) is 3.35. The fraction of sp³-hybridized carbons (Fsp3) is 0.333. The van der Waals surface area contributed by atoms with Gasteiger partial charge < -0.3 is 5.32 Å². The molecule has 0 radical (unpaired) electrons. The zero-order valence-electron chi connectivity index (χ0n) is 7.89. The molecule has 0 bridgehead atoms. The van der Waals surface area contributed by atoms with Crippen molar-refractivity contribution < 1.29 is 0 Å². The Morgan fingerprint density at radius 1 is 1.21 bits per heavy atom. The van der Waals surface area contributed by atoms with Crippen LogP contribution in [0.4, 0.5) is 5.69 Å². The first-order valence-corrected chi connectivity index (χ1v) is 5.78. The Bertz CT molecular complexity index is 401. The van der Waals surface area contributed by atoms with Gasteiger partial charge >= 0.3 is 0 Å². The van der Waals surface area contributed by atoms with Crippen LogP contribution in [-0.4, -0.2) is 6.54 Å². The van der Waals surface area contributed by atoms with Crippen molar-refractivity contribution >= 4 is 21.6 Å². The van der Waals surface area contributed by atoms with Crippen molar-refractivity contribution in [3.63, 3.8) is 0 Å². The summed E-state index contributed by atoms with van der Waals surface area (Å²) in [5, 5.41) is 3.50. The third kappa shape index (κ3) is 1.07. The molecule has 1 aromatic carbocycles. The van der Waals surface area contributed by atoms with E-state index in [4.69, 9.17) is 0 Å². The van der Waals surface area contributed by atoms with E-state index in [1.807, 2.05) is 0 Å². The minimum absolute atomic E-state index is 0.360. The Kier molecular flexibility index (Phi) is 1.75. The summed E-state index contributed by atoms with van der Waals surface area (Å²) in [6.45, 7) is 1.09. The predicted molar refractivity (Wildman–Crippen MR) is 62.7 cm³/mol. The Morgan fingerprint density at radius 3 is 2.79 bits per heavy atom. The van der Waals surface area contributed by atoms with Gasteiger partial charge in [0.25, 0.3) is 0 Å². The molecule has 0 unspecified atom stereocenters. The van der Waals surface area contributed by atoms with Crippen LogP contribution in [-0.2, 0) is 5.41 Å². The molecule has 1 spiro atoms. The molecule has 3 rings (SSSR count). The smallest absolute Gasteiger partial charge is 0.0380 e. The standard InChI is InChI=1S/C12H12BrN/c13-9-3-4-11-10(7-9)12(8-14-11)5-1-2-6-12/h1-4,7,14H,5-6,8H2. The van der Waals surface area contributed by atoms with Crippen molar-refractivity contribution in [1.82, 2.24) is 0 Å². The molecule has 1 aromatic rings. The first-order chi connectivity index (χ1) is 6.80. The molecule has 0 saturated carbocycles. The van der Waals surface area contributed by atoms with Gasteiger partial charge in [-0.3, -0.25) is 0 Å². The van der Waals surface area contributed by atoms with Crippen LogP contribution in [0.3, 0.4) is 0 Å². The number of anilines is 1. The van der Waals surface area contributed by atoms with E-state index in [9.17, 15) is 0 Å². The van der Waals surface area contributed by atoms with Crippen LogP contribution in [0, 0.1) is 0 Å². The van der Waals surface area contributed by atoms with Gasteiger partial charge in [0.2, 0.25) is 0 Å². The monoisotopic (exact) mass is 249 g/mol. The van der Waals surface area contributed by atoms with Crippen molar-refractivity contribution in [1.29, 1.82) is 0 Å². The Balaban J connectivity index is 2.13. The fourth-order valence-corrected chi connectivity index (χ4v) is 2.90. The lowest BCUT2D eigenvalue weighted by molar-refractivity contribution is 0.509. The third-order valence-corrected chi connectivity index (χ3v) is 3.85. The van der Waals surface area contributed by atoms with E-state index in [1.54, 1.807) is 0 Å². The summed E-state index contributed by atoms with van der Waals surface area (Å²) < 4.78 is 1.19. The van der Waals surface area contributed by atoms with Crippen LogP contribution in [0.25, 0.3) is 0 Å². The van der Waals surface area contributed by atoms with Crippen molar-refractivity contribution in [3.05, 3.63) is 40.4 Å². The lowest BCUT2D eigenvalue weighted by atomic mass is 9.80. The quantitative estimate of drug-likeness (QED) is 0.695. The van der Waals surface area contributed by atoms with Crippen LogP contribution in [0.2, 0.25) is 0 Å². The number of benzene rings is 1. The number of allylic oxidation sites excluding steroid dienone is 2. The fourth-order valence-electron chi connectivity index (χ4n) is 2.53. The van der Waals surface area contributed by atoms with Gasteiger partial charge in [-0.2, -0.15) is 0 Å². The number of rotatable bonds is 0. The molecule has 0 amide bonds. The van der Waals surface area contributed by atoms with Gasteiger partial charge in [0, 0.05) is 22.1 Å². The minimum Gasteiger partial charge on any atom is -0.384 e. The summed E-state index contributed by atoms with van der Waals surface area (Å²) in [6, 6.07) is 6.54. The Labute approximate surface area is 92.3 Å². The zero-order valence-corrected chi connectivity index (χ0v) is 9.47. The number of hydrogen-bond donors (Lipinski definition) is 1. The maximum Gasteiger partial charge on any atom is 0.0380 e. The minimum atomic E-state index is 0.360. The average molecular weight is 250 g/mol. The molecular formula is C12H12BrN. The van der Waals surface area contributed by atoms with Gasteiger partial charge in [0.15, 0.2) is 0 Å². The summed E-state index contributed by atoms with van der Waals surface area (Å²) in [7, 11) is 0. The molecule has 2 aliphatic rings. The first kappa shape index (κ1) is 8.54. The molecule has 0 atom stereocenters. The van der Waals surface area contributed by atoms with Gasteiger partial charge in [0.05, 0.1) is 0 Å². The van der Waals surface area contributed by atoms with E-state index in [-0.39, 0.29) is 0 Å². The highest BCUT2D eigenvalue weighted by atomic mass is 79.9. The molecule has 1 nitrogen and oxygen atoms in total. The predicted octanol–water partition coefficient (Wildman–Crippen LogP) is 3.46. The highest BCUT2D eigenvalue weighted by Gasteiger charge is 2.38. The van der Waals surface area contributed by atoms with Crippen LogP contribution < -0.4 is 5.32 Å². The molecule has 0 saturated heterocycles. The molecule has 1 aliphatic heterocycles.